The number of nitrogens with one attached hydrogen (secondary N) is 1. The maximum Gasteiger partial charge on any atom is 0.255 e. The highest BCUT2D eigenvalue weighted by molar-refractivity contribution is 6.31. The van der Waals surface area contributed by atoms with E-state index in [4.69, 9.17) is 23.2 Å². The molecule has 150 valence electrons. The lowest BCUT2D eigenvalue weighted by Gasteiger charge is -2.48. The highest BCUT2D eigenvalue weighted by Gasteiger charge is 2.55. The predicted molar refractivity (Wildman–Crippen MR) is 122 cm³/mol. The summed E-state index contributed by atoms with van der Waals surface area (Å²) in [5.41, 5.74) is 0.999. The molecule has 0 aromatic heterocycles. The van der Waals surface area contributed by atoms with Crippen LogP contribution in [0.25, 0.3) is 6.08 Å². The predicted octanol–water partition coefficient (Wildman–Crippen LogP) is 5.82. The molecule has 0 aliphatic carbocycles. The summed E-state index contributed by atoms with van der Waals surface area (Å²) in [5.74, 6) is -0.437. The van der Waals surface area contributed by atoms with Gasteiger partial charge in [-0.25, -0.2) is 0 Å². The fraction of sp³-hybridized carbons (Fsp3) is 0.0833. The molecule has 1 N–H and O–H groups in total. The van der Waals surface area contributed by atoms with Gasteiger partial charge < -0.3 is 5.32 Å². The first-order valence-corrected chi connectivity index (χ1v) is 10.1. The van der Waals surface area contributed by atoms with Gasteiger partial charge >= 0.3 is 0 Å². The van der Waals surface area contributed by atoms with Crippen LogP contribution in [0.15, 0.2) is 84.9 Å². The number of β-lactam (4-membered cyclic amide) rings is 1. The van der Waals surface area contributed by atoms with E-state index >= 15 is 0 Å². The van der Waals surface area contributed by atoms with E-state index in [1.165, 1.54) is 4.90 Å². The first kappa shape index (κ1) is 20.2. The molecular formula is C24H18Cl2N2O2. The Hall–Kier alpha value is -3.08. The van der Waals surface area contributed by atoms with Crippen molar-refractivity contribution in [1.29, 1.82) is 0 Å². The molecule has 1 saturated heterocycles. The van der Waals surface area contributed by atoms with Crippen LogP contribution < -0.4 is 10.2 Å². The second-order valence-electron chi connectivity index (χ2n) is 7.01. The largest absolute Gasteiger partial charge is 0.324 e. The summed E-state index contributed by atoms with van der Waals surface area (Å²) in [6.45, 7) is 0. The van der Waals surface area contributed by atoms with Crippen molar-refractivity contribution >= 4 is 52.5 Å². The third kappa shape index (κ3) is 3.97. The molecule has 0 radical (unpaired) electrons. The minimum absolute atomic E-state index is 0.0678. The molecule has 0 saturated carbocycles. The van der Waals surface area contributed by atoms with E-state index in [9.17, 15) is 9.59 Å². The summed E-state index contributed by atoms with van der Waals surface area (Å²) in [4.78, 5) is 27.5. The Kier molecular flexibility index (Phi) is 5.62. The Morgan fingerprint density at radius 2 is 1.50 bits per heavy atom. The Bertz CT molecular complexity index is 1100. The number of amides is 2. The lowest BCUT2D eigenvalue weighted by molar-refractivity contribution is -0.134. The molecule has 3 aromatic rings. The highest BCUT2D eigenvalue weighted by Crippen LogP contribution is 2.40. The molecule has 6 heteroatoms. The van der Waals surface area contributed by atoms with Crippen LogP contribution in [0.4, 0.5) is 11.4 Å². The smallest absolute Gasteiger partial charge is 0.255 e. The van der Waals surface area contributed by atoms with Gasteiger partial charge in [0.15, 0.2) is 5.54 Å². The van der Waals surface area contributed by atoms with Gasteiger partial charge in [0.05, 0.1) is 6.42 Å². The van der Waals surface area contributed by atoms with Crippen LogP contribution in [0.2, 0.25) is 10.0 Å². The normalized spacial score (nSPS) is 18.3. The van der Waals surface area contributed by atoms with Gasteiger partial charge in [-0.3, -0.25) is 14.5 Å². The minimum Gasteiger partial charge on any atom is -0.324 e. The van der Waals surface area contributed by atoms with Crippen molar-refractivity contribution in [2.24, 2.45) is 0 Å². The first-order valence-electron chi connectivity index (χ1n) is 9.38. The summed E-state index contributed by atoms with van der Waals surface area (Å²) >= 11 is 11.9. The van der Waals surface area contributed by atoms with E-state index in [1.807, 2.05) is 36.4 Å². The molecular weight excluding hydrogens is 419 g/mol. The summed E-state index contributed by atoms with van der Waals surface area (Å²) in [5, 5.41) is 4.05. The highest BCUT2D eigenvalue weighted by atomic mass is 35.5. The number of carbonyl (C=O) groups excluding carboxylic acids is 2. The summed E-state index contributed by atoms with van der Waals surface area (Å²) in [6, 6.07) is 23.4. The third-order valence-electron chi connectivity index (χ3n) is 5.00. The van der Waals surface area contributed by atoms with E-state index < -0.39 is 5.54 Å². The molecule has 4 rings (SSSR count). The number of rotatable bonds is 5. The van der Waals surface area contributed by atoms with Gasteiger partial charge in [-0.1, -0.05) is 59.6 Å². The fourth-order valence-corrected chi connectivity index (χ4v) is 3.70. The van der Waals surface area contributed by atoms with Crippen molar-refractivity contribution in [3.05, 3.63) is 101 Å². The molecule has 0 spiro atoms. The minimum atomic E-state index is -1.15. The Morgan fingerprint density at radius 3 is 2.10 bits per heavy atom. The van der Waals surface area contributed by atoms with Gasteiger partial charge in [0.25, 0.3) is 5.91 Å². The quantitative estimate of drug-likeness (QED) is 0.512. The second-order valence-corrected chi connectivity index (χ2v) is 7.88. The van der Waals surface area contributed by atoms with Crippen LogP contribution in [0, 0.1) is 0 Å². The lowest BCUT2D eigenvalue weighted by atomic mass is 9.81. The molecule has 0 bridgehead atoms. The molecule has 2 amide bonds. The van der Waals surface area contributed by atoms with Crippen molar-refractivity contribution in [3.63, 3.8) is 0 Å². The van der Waals surface area contributed by atoms with E-state index in [2.05, 4.69) is 5.32 Å². The van der Waals surface area contributed by atoms with Gasteiger partial charge in [0.2, 0.25) is 5.91 Å². The van der Waals surface area contributed by atoms with Crippen molar-refractivity contribution in [1.82, 2.24) is 0 Å². The van der Waals surface area contributed by atoms with E-state index in [-0.39, 0.29) is 18.2 Å². The van der Waals surface area contributed by atoms with Crippen LogP contribution >= 0.6 is 23.2 Å². The standard InChI is InChI=1S/C24H18Cl2N2O2/c25-18-6-10-20(11-7-18)27-23(30)24(15-14-17-4-2-1-3-5-17)16-22(29)28(24)21-12-8-19(26)9-13-21/h1-15H,16H2,(H,27,30). The molecule has 1 fully saturated rings. The molecule has 1 atom stereocenters. The number of benzene rings is 3. The van der Waals surface area contributed by atoms with Crippen LogP contribution in [-0.4, -0.2) is 17.4 Å². The number of nitrogens with zero attached hydrogens (tertiary/aromatic N) is 1. The SMILES string of the molecule is O=C1CC(C=Cc2ccccc2)(C(=O)Nc2ccc(Cl)cc2)N1c1ccc(Cl)cc1. The number of anilines is 2. The molecule has 1 unspecified atom stereocenters. The van der Waals surface area contributed by atoms with Crippen LogP contribution in [-0.2, 0) is 9.59 Å². The third-order valence-corrected chi connectivity index (χ3v) is 5.50. The Labute approximate surface area is 184 Å². The Morgan fingerprint density at radius 1 is 0.900 bits per heavy atom. The van der Waals surface area contributed by atoms with Crippen molar-refractivity contribution in [3.8, 4) is 0 Å². The van der Waals surface area contributed by atoms with Crippen LogP contribution in [0.3, 0.4) is 0 Å². The topological polar surface area (TPSA) is 49.4 Å². The van der Waals surface area contributed by atoms with Crippen molar-refractivity contribution in [2.75, 3.05) is 10.2 Å². The van der Waals surface area contributed by atoms with Gasteiger partial charge in [-0.15, -0.1) is 0 Å². The molecule has 3 aromatic carbocycles. The number of halogens is 2. The first-order chi connectivity index (χ1) is 14.5. The van der Waals surface area contributed by atoms with Crippen LogP contribution in [0.1, 0.15) is 12.0 Å². The molecule has 4 nitrogen and oxygen atoms in total. The molecule has 1 heterocycles. The number of hydrogen-bond acceptors (Lipinski definition) is 2. The Balaban J connectivity index is 1.71. The van der Waals surface area contributed by atoms with E-state index in [0.29, 0.717) is 21.4 Å². The molecule has 1 aliphatic heterocycles. The zero-order chi connectivity index (χ0) is 21.1. The average molecular weight is 437 g/mol. The van der Waals surface area contributed by atoms with Crippen LogP contribution in [0.5, 0.6) is 0 Å². The monoisotopic (exact) mass is 436 g/mol. The number of carbonyl (C=O) groups is 2. The fourth-order valence-electron chi connectivity index (χ4n) is 3.45. The van der Waals surface area contributed by atoms with Gasteiger partial charge in [-0.05, 0) is 60.2 Å². The summed E-state index contributed by atoms with van der Waals surface area (Å²) in [6.07, 6.45) is 3.71. The van der Waals surface area contributed by atoms with Crippen molar-refractivity contribution in [2.45, 2.75) is 12.0 Å². The lowest BCUT2D eigenvalue weighted by Crippen LogP contribution is -2.68. The molecule has 30 heavy (non-hydrogen) atoms. The van der Waals surface area contributed by atoms with E-state index in [1.54, 1.807) is 54.6 Å². The average Bonchev–Trinajstić information content (AvgIpc) is 2.74. The summed E-state index contributed by atoms with van der Waals surface area (Å²) < 4.78 is 0. The second kappa shape index (κ2) is 8.34. The zero-order valence-electron chi connectivity index (χ0n) is 15.9. The van der Waals surface area contributed by atoms with Gasteiger partial charge in [0.1, 0.15) is 0 Å². The maximum absolute atomic E-state index is 13.4. The van der Waals surface area contributed by atoms with Gasteiger partial charge in [0, 0.05) is 21.4 Å². The zero-order valence-corrected chi connectivity index (χ0v) is 17.4. The molecule has 1 aliphatic rings. The van der Waals surface area contributed by atoms with E-state index in [0.717, 1.165) is 5.56 Å². The summed E-state index contributed by atoms with van der Waals surface area (Å²) in [7, 11) is 0. The maximum atomic E-state index is 13.4. The van der Waals surface area contributed by atoms with Gasteiger partial charge in [-0.2, -0.15) is 0 Å². The van der Waals surface area contributed by atoms with Crippen molar-refractivity contribution < 1.29 is 9.59 Å². The number of hydrogen-bond donors (Lipinski definition) is 1.